The van der Waals surface area contributed by atoms with E-state index in [1.165, 1.54) is 0 Å². The van der Waals surface area contributed by atoms with Crippen LogP contribution in [-0.2, 0) is 0 Å². The van der Waals surface area contributed by atoms with Crippen molar-refractivity contribution >= 4 is 39.8 Å². The van der Waals surface area contributed by atoms with E-state index in [4.69, 9.17) is 5.73 Å². The molecule has 0 radical (unpaired) electrons. The smallest absolute Gasteiger partial charge is 0.124 e. The first kappa shape index (κ1) is 8.81. The molecular weight excluding hydrogens is 194 g/mol. The van der Waals surface area contributed by atoms with E-state index in [1.807, 2.05) is 24.3 Å². The third-order valence-electron chi connectivity index (χ3n) is 1.90. The summed E-state index contributed by atoms with van der Waals surface area (Å²) in [7, 11) is 0. The molecule has 0 aliphatic heterocycles. The molecule has 0 aliphatic rings. The van der Waals surface area contributed by atoms with Crippen LogP contribution < -0.4 is 5.73 Å². The third kappa shape index (κ3) is 1.48. The van der Waals surface area contributed by atoms with Gasteiger partial charge in [0, 0.05) is 5.39 Å². The van der Waals surface area contributed by atoms with Gasteiger partial charge >= 0.3 is 0 Å². The fourth-order valence-electron chi connectivity index (χ4n) is 1.30. The topological polar surface area (TPSA) is 51.3 Å². The van der Waals surface area contributed by atoms with E-state index in [0.717, 1.165) is 16.6 Å². The molecule has 2 rings (SSSR count). The van der Waals surface area contributed by atoms with Crippen molar-refractivity contribution in [2.24, 2.45) is 4.99 Å². The zero-order chi connectivity index (χ0) is 9.97. The van der Waals surface area contributed by atoms with Crippen molar-refractivity contribution in [2.75, 3.05) is 5.73 Å². The number of aromatic nitrogens is 1. The highest BCUT2D eigenvalue weighted by atomic mass is 32.1. The second-order valence-corrected chi connectivity index (χ2v) is 2.97. The Kier molecular flexibility index (Phi) is 2.23. The lowest BCUT2D eigenvalue weighted by Crippen LogP contribution is -1.89. The van der Waals surface area contributed by atoms with Crippen LogP contribution in [0.4, 0.5) is 11.5 Å². The minimum absolute atomic E-state index is 0.501. The van der Waals surface area contributed by atoms with Crippen LogP contribution in [0.25, 0.3) is 10.9 Å². The Labute approximate surface area is 86.3 Å². The first-order chi connectivity index (χ1) is 6.81. The Morgan fingerprint density at radius 3 is 2.93 bits per heavy atom. The molecule has 14 heavy (non-hydrogen) atoms. The number of pyridine rings is 1. The summed E-state index contributed by atoms with van der Waals surface area (Å²) >= 11 is 4.56. The summed E-state index contributed by atoms with van der Waals surface area (Å²) in [4.78, 5) is 8.12. The standard InChI is InChI=1S/C10H7N3S/c11-10-5-4-7-8(12-6-14)2-1-3-9(7)13-10/h1-5H,(H2,11,13). The Bertz CT molecular complexity index is 530. The van der Waals surface area contributed by atoms with Crippen LogP contribution in [0.1, 0.15) is 0 Å². The first-order valence-electron chi connectivity index (χ1n) is 4.04. The van der Waals surface area contributed by atoms with Gasteiger partial charge in [0.2, 0.25) is 0 Å². The van der Waals surface area contributed by atoms with Crippen molar-refractivity contribution in [3.8, 4) is 0 Å². The molecule has 1 aromatic carbocycles. The first-order valence-corrected chi connectivity index (χ1v) is 4.45. The number of nitrogens with two attached hydrogens (primary N) is 1. The van der Waals surface area contributed by atoms with Crippen LogP contribution in [0, 0.1) is 0 Å². The summed E-state index contributed by atoms with van der Waals surface area (Å²) in [6.45, 7) is 0. The van der Waals surface area contributed by atoms with Crippen LogP contribution in [0.15, 0.2) is 35.3 Å². The molecule has 3 nitrogen and oxygen atoms in total. The minimum atomic E-state index is 0.501. The summed E-state index contributed by atoms with van der Waals surface area (Å²) in [5.74, 6) is 0.501. The number of aliphatic imine (C=N–C) groups is 1. The number of benzene rings is 1. The van der Waals surface area contributed by atoms with Gasteiger partial charge in [-0.1, -0.05) is 6.07 Å². The quantitative estimate of drug-likeness (QED) is 0.569. The molecule has 4 heteroatoms. The zero-order valence-corrected chi connectivity index (χ0v) is 8.08. The largest absolute Gasteiger partial charge is 0.384 e. The van der Waals surface area contributed by atoms with E-state index < -0.39 is 0 Å². The normalized spacial score (nSPS) is 9.71. The maximum absolute atomic E-state index is 5.57. The number of isothiocyanates is 1. The molecule has 0 saturated carbocycles. The van der Waals surface area contributed by atoms with E-state index in [2.05, 4.69) is 27.4 Å². The Morgan fingerprint density at radius 2 is 2.14 bits per heavy atom. The van der Waals surface area contributed by atoms with Gasteiger partial charge < -0.3 is 5.73 Å². The molecule has 2 aromatic rings. The van der Waals surface area contributed by atoms with E-state index >= 15 is 0 Å². The van der Waals surface area contributed by atoms with E-state index in [9.17, 15) is 0 Å². The van der Waals surface area contributed by atoms with Crippen LogP contribution in [0.3, 0.4) is 0 Å². The second-order valence-electron chi connectivity index (χ2n) is 2.78. The summed E-state index contributed by atoms with van der Waals surface area (Å²) < 4.78 is 0. The molecule has 0 atom stereocenters. The van der Waals surface area contributed by atoms with E-state index in [0.29, 0.717) is 5.82 Å². The molecule has 0 spiro atoms. The van der Waals surface area contributed by atoms with Crippen molar-refractivity contribution in [1.29, 1.82) is 0 Å². The van der Waals surface area contributed by atoms with Gasteiger partial charge in [0.05, 0.1) is 16.4 Å². The molecule has 0 bridgehead atoms. The predicted molar refractivity (Wildman–Crippen MR) is 60.8 cm³/mol. The summed E-state index contributed by atoms with van der Waals surface area (Å²) in [6, 6.07) is 9.22. The van der Waals surface area contributed by atoms with Crippen molar-refractivity contribution in [3.63, 3.8) is 0 Å². The monoisotopic (exact) mass is 201 g/mol. The summed E-state index contributed by atoms with van der Waals surface area (Å²) in [6.07, 6.45) is 0. The molecule has 0 unspecified atom stereocenters. The molecule has 68 valence electrons. The average molecular weight is 201 g/mol. The molecule has 0 amide bonds. The van der Waals surface area contributed by atoms with Gasteiger partial charge in [0.15, 0.2) is 0 Å². The Balaban J connectivity index is 2.81. The summed E-state index contributed by atoms with van der Waals surface area (Å²) in [5, 5.41) is 3.27. The fourth-order valence-corrected chi connectivity index (χ4v) is 1.40. The Morgan fingerprint density at radius 1 is 1.29 bits per heavy atom. The van der Waals surface area contributed by atoms with Gasteiger partial charge in [-0.05, 0) is 36.5 Å². The fraction of sp³-hybridized carbons (Fsp3) is 0. The maximum Gasteiger partial charge on any atom is 0.124 e. The van der Waals surface area contributed by atoms with Crippen molar-refractivity contribution in [3.05, 3.63) is 30.3 Å². The van der Waals surface area contributed by atoms with Crippen molar-refractivity contribution in [1.82, 2.24) is 4.98 Å². The van der Waals surface area contributed by atoms with Crippen LogP contribution >= 0.6 is 12.2 Å². The number of fused-ring (bicyclic) bond motifs is 1. The van der Waals surface area contributed by atoms with Crippen LogP contribution in [0.2, 0.25) is 0 Å². The van der Waals surface area contributed by atoms with Gasteiger partial charge in [-0.25, -0.2) is 4.98 Å². The van der Waals surface area contributed by atoms with Crippen LogP contribution in [0.5, 0.6) is 0 Å². The lowest BCUT2D eigenvalue weighted by atomic mass is 10.2. The molecule has 1 heterocycles. The molecular formula is C10H7N3S. The van der Waals surface area contributed by atoms with Crippen molar-refractivity contribution in [2.45, 2.75) is 0 Å². The minimum Gasteiger partial charge on any atom is -0.384 e. The van der Waals surface area contributed by atoms with Crippen molar-refractivity contribution < 1.29 is 0 Å². The lowest BCUT2D eigenvalue weighted by Gasteiger charge is -2.00. The number of nitrogen functional groups attached to an aromatic ring is 1. The molecule has 1 aromatic heterocycles. The number of thiocarbonyl (C=S) groups is 1. The molecule has 0 aliphatic carbocycles. The lowest BCUT2D eigenvalue weighted by molar-refractivity contribution is 1.41. The van der Waals surface area contributed by atoms with E-state index in [-0.39, 0.29) is 0 Å². The van der Waals surface area contributed by atoms with Crippen LogP contribution in [-0.4, -0.2) is 10.1 Å². The molecule has 0 saturated heterocycles. The number of anilines is 1. The van der Waals surface area contributed by atoms with Gasteiger partial charge in [0.1, 0.15) is 5.82 Å². The third-order valence-corrected chi connectivity index (χ3v) is 1.99. The predicted octanol–water partition coefficient (Wildman–Crippen LogP) is 2.55. The Hall–Kier alpha value is -1.77. The number of nitrogens with zero attached hydrogens (tertiary/aromatic N) is 2. The highest BCUT2D eigenvalue weighted by Gasteiger charge is 1.99. The molecule has 0 fully saturated rings. The highest BCUT2D eigenvalue weighted by molar-refractivity contribution is 7.78. The van der Waals surface area contributed by atoms with Gasteiger partial charge in [-0.3, -0.25) is 0 Å². The molecule has 2 N–H and O–H groups in total. The van der Waals surface area contributed by atoms with E-state index in [1.54, 1.807) is 6.07 Å². The number of rotatable bonds is 1. The number of hydrogen-bond donors (Lipinski definition) is 1. The average Bonchev–Trinajstić information content (AvgIpc) is 2.18. The van der Waals surface area contributed by atoms with Gasteiger partial charge in [-0.15, -0.1) is 0 Å². The van der Waals surface area contributed by atoms with Gasteiger partial charge in [-0.2, -0.15) is 4.99 Å². The summed E-state index contributed by atoms with van der Waals surface area (Å²) in [5.41, 5.74) is 7.15. The SMILES string of the molecule is Nc1ccc2c(N=C=S)cccc2n1. The second kappa shape index (κ2) is 3.54. The zero-order valence-electron chi connectivity index (χ0n) is 7.27. The maximum atomic E-state index is 5.57. The highest BCUT2D eigenvalue weighted by Crippen LogP contribution is 2.24. The van der Waals surface area contributed by atoms with Gasteiger partial charge in [0.25, 0.3) is 0 Å². The number of hydrogen-bond acceptors (Lipinski definition) is 4.